The Morgan fingerprint density at radius 1 is 1.27 bits per heavy atom. The lowest BCUT2D eigenvalue weighted by Gasteiger charge is -2.30. The van der Waals surface area contributed by atoms with Crippen LogP contribution in [0.4, 0.5) is 0 Å². The first-order chi connectivity index (χ1) is 10.4. The maximum absolute atomic E-state index is 12.2. The molecule has 8 nitrogen and oxygen atoms in total. The summed E-state index contributed by atoms with van der Waals surface area (Å²) in [5.74, 6) is -1.98. The average molecular weight is 334 g/mol. The number of nitroso groups, excluding NO2 is 1. The van der Waals surface area contributed by atoms with Gasteiger partial charge >= 0.3 is 5.97 Å². The van der Waals surface area contributed by atoms with Gasteiger partial charge in [-0.2, -0.15) is 0 Å². The molecule has 0 aromatic heterocycles. The van der Waals surface area contributed by atoms with Crippen molar-refractivity contribution in [2.24, 2.45) is 4.58 Å². The molecule has 9 heteroatoms. The predicted octanol–water partition coefficient (Wildman–Crippen LogP) is 1.14. The number of ether oxygens (including phenoxy) is 1. The van der Waals surface area contributed by atoms with Crippen molar-refractivity contribution in [1.82, 2.24) is 10.6 Å². The smallest absolute Gasteiger partial charge is 0.325 e. The Hall–Kier alpha value is -1.64. The second kappa shape index (κ2) is 8.11. The third kappa shape index (κ3) is 7.96. The average Bonchev–Trinajstić information content (AvgIpc) is 2.39. The van der Waals surface area contributed by atoms with Crippen LogP contribution in [0.2, 0.25) is 0 Å². The molecule has 0 aromatic carbocycles. The number of amides is 2. The first-order valence-corrected chi connectivity index (χ1v) is 7.29. The molecule has 1 atom stereocenters. The van der Waals surface area contributed by atoms with Gasteiger partial charge in [-0.05, 0) is 34.6 Å². The Morgan fingerprint density at radius 3 is 2.32 bits per heavy atom. The van der Waals surface area contributed by atoms with Gasteiger partial charge in [-0.1, -0.05) is 0 Å². The number of nitrogens with one attached hydrogen (secondary N) is 2. The maximum Gasteiger partial charge on any atom is 0.325 e. The lowest BCUT2D eigenvalue weighted by Crippen LogP contribution is -2.56. The molecule has 0 radical (unpaired) electrons. The Kier molecular flexibility index (Phi) is 6.79. The number of nitrogens with zero attached hydrogens (tertiary/aromatic N) is 1. The summed E-state index contributed by atoms with van der Waals surface area (Å²) in [4.78, 5) is 45.7. The number of carbonyl (C=O) groups is 3. The summed E-state index contributed by atoms with van der Waals surface area (Å²) in [7, 11) is 0. The molecule has 0 saturated carbocycles. The van der Waals surface area contributed by atoms with Crippen molar-refractivity contribution < 1.29 is 20.5 Å². The summed E-state index contributed by atoms with van der Waals surface area (Å²) >= 11 is 0.583. The Bertz CT molecular complexity index is 465. The molecule has 2 N–H and O–H groups in total. The van der Waals surface area contributed by atoms with Crippen molar-refractivity contribution in [3.63, 3.8) is 0 Å². The van der Waals surface area contributed by atoms with Crippen LogP contribution in [0.15, 0.2) is 4.58 Å². The van der Waals surface area contributed by atoms with Crippen molar-refractivity contribution in [3.05, 3.63) is 4.91 Å². The molecule has 0 aliphatic heterocycles. The van der Waals surface area contributed by atoms with Crippen LogP contribution in [-0.2, 0) is 19.1 Å². The first kappa shape index (κ1) is 18.4. The van der Waals surface area contributed by atoms with Gasteiger partial charge in [-0.15, -0.1) is 4.91 Å². The molecule has 0 aromatic rings. The molecule has 0 rings (SSSR count). The van der Waals surface area contributed by atoms with Gasteiger partial charge in [0.05, 0.1) is 4.75 Å². The Labute approximate surface area is 135 Å². The normalized spacial score (nSPS) is 13.6. The highest BCUT2D eigenvalue weighted by atomic mass is 32.2. The molecular formula is C13H23N3O5S. The molecule has 0 bridgehead atoms. The minimum Gasteiger partial charge on any atom is -0.459 e. The monoisotopic (exact) mass is 334 g/mol. The van der Waals surface area contributed by atoms with Gasteiger partial charge in [0, 0.05) is 24.8 Å². The van der Waals surface area contributed by atoms with E-state index in [1.54, 1.807) is 34.6 Å². The third-order valence-corrected chi connectivity index (χ3v) is 3.14. The summed E-state index contributed by atoms with van der Waals surface area (Å²) in [6.07, 6.45) is 0. The van der Waals surface area contributed by atoms with Crippen LogP contribution in [0.25, 0.3) is 0 Å². The highest BCUT2D eigenvalue weighted by Gasteiger charge is 2.38. The topological polar surface area (TPSA) is 114 Å². The predicted molar refractivity (Wildman–Crippen MR) is 83.9 cm³/mol. The lowest BCUT2D eigenvalue weighted by atomic mass is 10.0. The van der Waals surface area contributed by atoms with Gasteiger partial charge in [-0.25, -0.2) is 0 Å². The largest absolute Gasteiger partial charge is 0.459 e. The van der Waals surface area contributed by atoms with Crippen molar-refractivity contribution in [2.45, 2.75) is 57.9 Å². The summed E-state index contributed by atoms with van der Waals surface area (Å²) in [6.45, 7) is 7.23. The molecule has 0 aliphatic rings. The van der Waals surface area contributed by atoms with E-state index in [-0.39, 0.29) is 6.54 Å². The fraction of sp³-hybridized carbons (Fsp3) is 0.769. The molecule has 0 unspecified atom stereocenters. The van der Waals surface area contributed by atoms with Crippen LogP contribution >= 0.6 is 11.9 Å². The van der Waals surface area contributed by atoms with Crippen molar-refractivity contribution >= 4 is 29.7 Å². The summed E-state index contributed by atoms with van der Waals surface area (Å²) in [5.41, 5.74) is -0.683. The Morgan fingerprint density at radius 2 is 1.86 bits per heavy atom. The SMILES string of the molecule is [2H]CC(=O)N[C@H](C(=O)NCC(=O)OC(C)(C)C)C(C)(C)SN=O. The van der Waals surface area contributed by atoms with E-state index in [1.165, 1.54) is 0 Å². The van der Waals surface area contributed by atoms with Crippen LogP contribution in [0.5, 0.6) is 0 Å². The molecule has 0 saturated heterocycles. The van der Waals surface area contributed by atoms with Crippen molar-refractivity contribution in [3.8, 4) is 0 Å². The first-order valence-electron chi connectivity index (χ1n) is 7.22. The quantitative estimate of drug-likeness (QED) is 0.410. The molecule has 0 fully saturated rings. The van der Waals surface area contributed by atoms with Crippen molar-refractivity contribution in [2.75, 3.05) is 6.54 Å². The van der Waals surface area contributed by atoms with Gasteiger partial charge in [0.2, 0.25) is 11.8 Å². The number of carbonyl (C=O) groups excluding carboxylic acids is 3. The number of rotatable bonds is 7. The molecule has 0 heterocycles. The van der Waals surface area contributed by atoms with Gasteiger partial charge in [0.15, 0.2) is 0 Å². The number of esters is 1. The molecule has 126 valence electrons. The minimum absolute atomic E-state index is 0.376. The van der Waals surface area contributed by atoms with Gasteiger partial charge in [-0.3, -0.25) is 14.4 Å². The zero-order valence-corrected chi connectivity index (χ0v) is 14.2. The molecule has 0 aliphatic carbocycles. The fourth-order valence-corrected chi connectivity index (χ4v) is 1.97. The van der Waals surface area contributed by atoms with E-state index in [0.29, 0.717) is 11.9 Å². The van der Waals surface area contributed by atoms with Gasteiger partial charge in [0.25, 0.3) is 0 Å². The second-order valence-electron chi connectivity index (χ2n) is 6.07. The van der Waals surface area contributed by atoms with E-state index in [9.17, 15) is 19.3 Å². The lowest BCUT2D eigenvalue weighted by molar-refractivity contribution is -0.154. The van der Waals surface area contributed by atoms with E-state index in [4.69, 9.17) is 6.11 Å². The standard InChI is InChI=1S/C13H23N3O5S/c1-8(17)15-10(13(5,6)22-16-20)11(19)14-7-9(18)21-12(2,3)4/h10H,7H2,1-6H3,(H,14,19)(H,15,17)/t10-/m1/s1/i1D. The minimum atomic E-state index is -1.13. The number of hydrogen-bond donors (Lipinski definition) is 2. The molecule has 2 amide bonds. The van der Waals surface area contributed by atoms with E-state index in [2.05, 4.69) is 15.2 Å². The summed E-state index contributed by atoms with van der Waals surface area (Å²) in [6, 6.07) is -1.13. The highest BCUT2D eigenvalue weighted by molar-refractivity contribution is 7.99. The Balaban J connectivity index is 4.90. The maximum atomic E-state index is 12.2. The number of hydrogen-bond acceptors (Lipinski definition) is 7. The summed E-state index contributed by atoms with van der Waals surface area (Å²) in [5, 5.41) is 4.71. The second-order valence-corrected chi connectivity index (χ2v) is 7.46. The van der Waals surface area contributed by atoms with E-state index < -0.39 is 41.1 Å². The van der Waals surface area contributed by atoms with E-state index in [0.717, 1.165) is 0 Å². The highest BCUT2D eigenvalue weighted by Crippen LogP contribution is 2.29. The van der Waals surface area contributed by atoms with Crippen LogP contribution in [0.3, 0.4) is 0 Å². The van der Waals surface area contributed by atoms with Gasteiger partial charge in [0.1, 0.15) is 18.2 Å². The molecular weight excluding hydrogens is 310 g/mol. The fourth-order valence-electron chi connectivity index (χ4n) is 1.50. The molecule has 22 heavy (non-hydrogen) atoms. The zero-order chi connectivity index (χ0) is 18.3. The molecule has 0 spiro atoms. The van der Waals surface area contributed by atoms with Crippen LogP contribution < -0.4 is 10.6 Å². The van der Waals surface area contributed by atoms with Gasteiger partial charge < -0.3 is 15.4 Å². The van der Waals surface area contributed by atoms with Crippen LogP contribution in [-0.4, -0.2) is 40.7 Å². The third-order valence-electron chi connectivity index (χ3n) is 2.36. The van der Waals surface area contributed by atoms with E-state index >= 15 is 0 Å². The van der Waals surface area contributed by atoms with Crippen LogP contribution in [0, 0.1) is 4.91 Å². The summed E-state index contributed by atoms with van der Waals surface area (Å²) < 4.78 is 13.7. The van der Waals surface area contributed by atoms with Crippen LogP contribution in [0.1, 0.15) is 42.9 Å². The zero-order valence-electron chi connectivity index (χ0n) is 14.4. The van der Waals surface area contributed by atoms with E-state index in [1.807, 2.05) is 0 Å². The van der Waals surface area contributed by atoms with Crippen molar-refractivity contribution in [1.29, 1.82) is 0 Å².